The highest BCUT2D eigenvalue weighted by Gasteiger charge is 2.19. The molecule has 0 unspecified atom stereocenters. The molecular formula is C26H27N7O4. The molecule has 0 heterocycles. The summed E-state index contributed by atoms with van der Waals surface area (Å²) in [6.07, 6.45) is 0. The van der Waals surface area contributed by atoms with Crippen molar-refractivity contribution >= 4 is 40.5 Å². The molecule has 11 nitrogen and oxygen atoms in total. The van der Waals surface area contributed by atoms with E-state index in [2.05, 4.69) is 31.3 Å². The number of anilines is 2. The number of carbonyl (C=O) groups is 2. The van der Waals surface area contributed by atoms with Crippen molar-refractivity contribution in [2.24, 2.45) is 9.98 Å². The second-order valence-corrected chi connectivity index (χ2v) is 7.73. The van der Waals surface area contributed by atoms with Gasteiger partial charge in [0.1, 0.15) is 11.7 Å². The molecule has 2 amide bonds. The van der Waals surface area contributed by atoms with Crippen molar-refractivity contribution in [3.63, 3.8) is 0 Å². The molecule has 0 aliphatic rings. The molecule has 0 atom stereocenters. The van der Waals surface area contributed by atoms with E-state index in [0.717, 1.165) is 23.3 Å². The highest BCUT2D eigenvalue weighted by Crippen LogP contribution is 2.21. The number of rotatable bonds is 7. The number of non-ortho nitro benzene ring substituents is 1. The van der Waals surface area contributed by atoms with Gasteiger partial charge in [0.25, 0.3) is 17.5 Å². The van der Waals surface area contributed by atoms with Crippen LogP contribution in [0.4, 0.5) is 17.1 Å². The molecular weight excluding hydrogens is 474 g/mol. The van der Waals surface area contributed by atoms with Gasteiger partial charge in [-0.1, -0.05) is 0 Å². The predicted molar refractivity (Wildman–Crippen MR) is 145 cm³/mol. The SMILES string of the molecule is CN=C(NC)c1ccc(NC(=O)c2cc(C(=O)Nc3ccc(C(=NC)NC)cc3)cc([N+](=O)[O-])c2)cc1. The number of amidine groups is 2. The smallest absolute Gasteiger partial charge is 0.271 e. The molecule has 0 aliphatic carbocycles. The Kier molecular flexibility index (Phi) is 8.66. The fourth-order valence-corrected chi connectivity index (χ4v) is 3.58. The largest absolute Gasteiger partial charge is 0.373 e. The van der Waals surface area contributed by atoms with E-state index in [1.54, 1.807) is 76.7 Å². The van der Waals surface area contributed by atoms with Crippen molar-refractivity contribution in [2.45, 2.75) is 0 Å². The van der Waals surface area contributed by atoms with Crippen LogP contribution in [0.15, 0.2) is 76.7 Å². The quantitative estimate of drug-likeness (QED) is 0.169. The van der Waals surface area contributed by atoms with Gasteiger partial charge in [-0.15, -0.1) is 0 Å². The van der Waals surface area contributed by atoms with E-state index in [1.807, 2.05) is 0 Å². The van der Waals surface area contributed by atoms with Gasteiger partial charge in [-0.2, -0.15) is 0 Å². The minimum atomic E-state index is -0.649. The molecule has 4 N–H and O–H groups in total. The topological polar surface area (TPSA) is 150 Å². The van der Waals surface area contributed by atoms with Crippen LogP contribution in [0.2, 0.25) is 0 Å². The van der Waals surface area contributed by atoms with Crippen LogP contribution < -0.4 is 21.3 Å². The summed E-state index contributed by atoms with van der Waals surface area (Å²) in [7, 11) is 6.83. The van der Waals surface area contributed by atoms with Crippen molar-refractivity contribution in [1.82, 2.24) is 10.6 Å². The maximum atomic E-state index is 12.9. The number of nitrogens with one attached hydrogen (secondary N) is 4. The van der Waals surface area contributed by atoms with E-state index in [0.29, 0.717) is 23.0 Å². The van der Waals surface area contributed by atoms with Crippen molar-refractivity contribution < 1.29 is 14.5 Å². The van der Waals surface area contributed by atoms with Crippen molar-refractivity contribution in [3.05, 3.63) is 99.1 Å². The number of nitrogens with zero attached hydrogens (tertiary/aromatic N) is 3. The molecule has 3 aromatic rings. The zero-order valence-corrected chi connectivity index (χ0v) is 20.8. The summed E-state index contributed by atoms with van der Waals surface area (Å²) in [5.41, 5.74) is 2.19. The Morgan fingerprint density at radius 1 is 0.676 bits per heavy atom. The van der Waals surface area contributed by atoms with Crippen LogP contribution in [-0.4, -0.2) is 56.6 Å². The van der Waals surface area contributed by atoms with Crippen LogP contribution >= 0.6 is 0 Å². The highest BCUT2D eigenvalue weighted by molar-refractivity contribution is 6.10. The molecule has 0 aromatic heterocycles. The van der Waals surface area contributed by atoms with Gasteiger partial charge in [0.2, 0.25) is 0 Å². The third kappa shape index (κ3) is 6.54. The monoisotopic (exact) mass is 501 g/mol. The predicted octanol–water partition coefficient (Wildman–Crippen LogP) is 3.29. The molecule has 3 aromatic carbocycles. The van der Waals surface area contributed by atoms with Crippen LogP contribution in [0.3, 0.4) is 0 Å². The summed E-state index contributed by atoms with van der Waals surface area (Å²) in [5.74, 6) is 0.184. The molecule has 0 saturated heterocycles. The molecule has 37 heavy (non-hydrogen) atoms. The van der Waals surface area contributed by atoms with Gasteiger partial charge in [0.15, 0.2) is 0 Å². The summed E-state index contributed by atoms with van der Waals surface area (Å²) in [6, 6.07) is 17.4. The molecule has 0 fully saturated rings. The Bertz CT molecular complexity index is 1270. The van der Waals surface area contributed by atoms with Crippen LogP contribution in [0, 0.1) is 10.1 Å². The lowest BCUT2D eigenvalue weighted by atomic mass is 10.1. The normalized spacial score (nSPS) is 11.5. The highest BCUT2D eigenvalue weighted by atomic mass is 16.6. The van der Waals surface area contributed by atoms with Gasteiger partial charge in [-0.3, -0.25) is 29.7 Å². The summed E-state index contributed by atoms with van der Waals surface area (Å²) < 4.78 is 0. The summed E-state index contributed by atoms with van der Waals surface area (Å²) >= 11 is 0. The Balaban J connectivity index is 1.81. The number of carbonyl (C=O) groups excluding carboxylic acids is 2. The van der Waals surface area contributed by atoms with Crippen molar-refractivity contribution in [1.29, 1.82) is 0 Å². The van der Waals surface area contributed by atoms with Gasteiger partial charge in [-0.25, -0.2) is 0 Å². The second kappa shape index (κ2) is 12.1. The lowest BCUT2D eigenvalue weighted by molar-refractivity contribution is -0.384. The Morgan fingerprint density at radius 3 is 1.35 bits per heavy atom. The maximum Gasteiger partial charge on any atom is 0.271 e. The lowest BCUT2D eigenvalue weighted by Crippen LogP contribution is -2.19. The first kappa shape index (κ1) is 26.5. The fraction of sp³-hybridized carbons (Fsp3) is 0.154. The number of amides is 2. The number of hydrogen-bond donors (Lipinski definition) is 4. The average molecular weight is 502 g/mol. The van der Waals surface area contributed by atoms with Crippen LogP contribution in [0.5, 0.6) is 0 Å². The van der Waals surface area contributed by atoms with E-state index < -0.39 is 16.7 Å². The molecule has 3 rings (SSSR count). The number of aliphatic imine (C=N–C) groups is 2. The molecule has 11 heteroatoms. The molecule has 0 aliphatic heterocycles. The summed E-state index contributed by atoms with van der Waals surface area (Å²) in [5, 5.41) is 22.8. The first-order valence-electron chi connectivity index (χ1n) is 11.2. The molecule has 0 bridgehead atoms. The molecule has 190 valence electrons. The van der Waals surface area contributed by atoms with Crippen molar-refractivity contribution in [3.8, 4) is 0 Å². The first-order valence-corrected chi connectivity index (χ1v) is 11.2. The number of nitro benzene ring substituents is 1. The van der Waals surface area contributed by atoms with Crippen LogP contribution in [0.1, 0.15) is 31.8 Å². The molecule has 0 spiro atoms. The second-order valence-electron chi connectivity index (χ2n) is 7.73. The van der Waals surface area contributed by atoms with E-state index >= 15 is 0 Å². The van der Waals surface area contributed by atoms with Gasteiger partial charge in [0.05, 0.1) is 4.92 Å². The van der Waals surface area contributed by atoms with Gasteiger partial charge >= 0.3 is 0 Å². The Hall–Kier alpha value is -5.06. The zero-order chi connectivity index (χ0) is 26.9. The Morgan fingerprint density at radius 2 is 1.05 bits per heavy atom. The van der Waals surface area contributed by atoms with Crippen LogP contribution in [-0.2, 0) is 0 Å². The fourth-order valence-electron chi connectivity index (χ4n) is 3.58. The van der Waals surface area contributed by atoms with Crippen LogP contribution in [0.25, 0.3) is 0 Å². The summed E-state index contributed by atoms with van der Waals surface area (Å²) in [6.45, 7) is 0. The van der Waals surface area contributed by atoms with E-state index in [9.17, 15) is 19.7 Å². The Labute approximate surface area is 213 Å². The zero-order valence-electron chi connectivity index (χ0n) is 20.8. The summed E-state index contributed by atoms with van der Waals surface area (Å²) in [4.78, 5) is 44.9. The van der Waals surface area contributed by atoms with Crippen molar-refractivity contribution in [2.75, 3.05) is 38.8 Å². The molecule has 0 radical (unpaired) electrons. The first-order chi connectivity index (χ1) is 17.8. The average Bonchev–Trinajstić information content (AvgIpc) is 2.91. The minimum absolute atomic E-state index is 0.0253. The lowest BCUT2D eigenvalue weighted by Gasteiger charge is -2.10. The van der Waals surface area contributed by atoms with E-state index in [-0.39, 0.29) is 16.8 Å². The third-order valence-electron chi connectivity index (χ3n) is 5.41. The van der Waals surface area contributed by atoms with E-state index in [4.69, 9.17) is 0 Å². The number of nitro groups is 1. The number of hydrogen-bond acceptors (Lipinski definition) is 6. The van der Waals surface area contributed by atoms with Gasteiger partial charge in [-0.05, 0) is 54.6 Å². The standard InChI is InChI=1S/C26H27N7O4/c1-27-23(28-2)16-5-9-20(10-6-16)31-25(34)18-13-19(15-22(14-18)33(36)37)26(35)32-21-11-7-17(8-12-21)24(29-3)30-4/h5-15H,1-4H3,(H,27,28)(H,29,30)(H,31,34)(H,32,35). The van der Waals surface area contributed by atoms with Gasteiger partial charge < -0.3 is 21.3 Å². The maximum absolute atomic E-state index is 12.9. The molecule has 0 saturated carbocycles. The number of benzene rings is 3. The third-order valence-corrected chi connectivity index (χ3v) is 5.41. The van der Waals surface area contributed by atoms with Gasteiger partial charge in [0, 0.05) is 74.0 Å². The minimum Gasteiger partial charge on any atom is -0.373 e. The van der Waals surface area contributed by atoms with E-state index in [1.165, 1.54) is 6.07 Å².